The van der Waals surface area contributed by atoms with Gasteiger partial charge in [-0.2, -0.15) is 0 Å². The first kappa shape index (κ1) is 33.4. The Bertz CT molecular complexity index is 3130. The second-order valence-electron chi connectivity index (χ2n) is 16.8. The maximum absolute atomic E-state index is 4.68. The number of nitrogens with zero attached hydrogens (tertiary/aromatic N) is 4. The number of fused-ring (bicyclic) bond motifs is 8. The second-order valence-corrected chi connectivity index (χ2v) is 16.8. The van der Waals surface area contributed by atoms with Crippen molar-refractivity contribution in [1.82, 2.24) is 19.1 Å². The van der Waals surface area contributed by atoms with Crippen molar-refractivity contribution in [3.63, 3.8) is 0 Å². The molecule has 2 aliphatic carbocycles. The zero-order valence-electron chi connectivity index (χ0n) is 33.3. The Morgan fingerprint density at radius 2 is 0.828 bits per heavy atom. The van der Waals surface area contributed by atoms with Crippen LogP contribution < -0.4 is 0 Å². The number of hydrogen-bond donors (Lipinski definition) is 0. The fourth-order valence-corrected chi connectivity index (χ4v) is 10.4. The first-order valence-corrected chi connectivity index (χ1v) is 20.6. The summed E-state index contributed by atoms with van der Waals surface area (Å²) in [4.78, 5) is 9.36. The van der Waals surface area contributed by atoms with Gasteiger partial charge in [0.25, 0.3) is 0 Å². The van der Waals surface area contributed by atoms with Gasteiger partial charge in [-0.1, -0.05) is 71.8 Å². The molecule has 0 unspecified atom stereocenters. The maximum atomic E-state index is 4.68. The van der Waals surface area contributed by atoms with Gasteiger partial charge in [0, 0.05) is 33.9 Å². The molecule has 58 heavy (non-hydrogen) atoms. The lowest BCUT2D eigenvalue weighted by Gasteiger charge is -2.31. The molecule has 0 aliphatic heterocycles. The van der Waals surface area contributed by atoms with Gasteiger partial charge >= 0.3 is 0 Å². The summed E-state index contributed by atoms with van der Waals surface area (Å²) in [7, 11) is 0. The fraction of sp³-hybridized carbons (Fsp3) is 0.148. The Morgan fingerprint density at radius 1 is 0.414 bits per heavy atom. The van der Waals surface area contributed by atoms with Gasteiger partial charge in [-0.3, -0.25) is 9.97 Å². The summed E-state index contributed by atoms with van der Waals surface area (Å²) in [5, 5.41) is 5.30. The van der Waals surface area contributed by atoms with Crippen LogP contribution in [0.25, 0.3) is 88.4 Å². The van der Waals surface area contributed by atoms with E-state index in [9.17, 15) is 0 Å². The van der Waals surface area contributed by atoms with Crippen LogP contribution in [-0.2, 0) is 25.7 Å². The van der Waals surface area contributed by atoms with Crippen LogP contribution in [0.5, 0.6) is 0 Å². The minimum Gasteiger partial charge on any atom is -0.307 e. The summed E-state index contributed by atoms with van der Waals surface area (Å²) in [5.74, 6) is 0. The van der Waals surface area contributed by atoms with Gasteiger partial charge in [0.1, 0.15) is 0 Å². The lowest BCUT2D eigenvalue weighted by molar-refractivity contribution is 0.882. The minimum absolute atomic E-state index is 0.993. The Labute approximate surface area is 338 Å². The van der Waals surface area contributed by atoms with Crippen LogP contribution in [0.2, 0.25) is 0 Å². The number of pyridine rings is 2. The summed E-state index contributed by atoms with van der Waals surface area (Å²) in [6.45, 7) is 8.74. The Hall–Kier alpha value is -6.78. The first-order chi connectivity index (χ1) is 28.4. The second kappa shape index (κ2) is 12.4. The third kappa shape index (κ3) is 4.75. The van der Waals surface area contributed by atoms with Crippen molar-refractivity contribution in [2.75, 3.05) is 0 Å². The van der Waals surface area contributed by atoms with Crippen molar-refractivity contribution < 1.29 is 0 Å². The molecule has 10 aromatic rings. The number of aryl methyl sites for hydroxylation is 8. The molecule has 12 rings (SSSR count). The van der Waals surface area contributed by atoms with Gasteiger partial charge in [0.2, 0.25) is 0 Å². The van der Waals surface area contributed by atoms with Crippen molar-refractivity contribution in [3.05, 3.63) is 178 Å². The highest BCUT2D eigenvalue weighted by Crippen LogP contribution is 2.51. The highest BCUT2D eigenvalue weighted by atomic mass is 15.0. The molecule has 4 heterocycles. The molecule has 4 nitrogen and oxygen atoms in total. The van der Waals surface area contributed by atoms with Crippen LogP contribution in [0.1, 0.15) is 44.5 Å². The SMILES string of the molecule is Cc1ccc(-c2ccc3c(c2)c2cc4c5c(c2n3-c2cnccc2C)CCc2cc3c6cc(-c7ccc(C)cc7)ccc6n(-c6cnccc6C)c3c(c2-5)CC4)cc1. The zero-order valence-corrected chi connectivity index (χ0v) is 33.3. The van der Waals surface area contributed by atoms with Crippen molar-refractivity contribution >= 4 is 43.6 Å². The molecule has 0 atom stereocenters. The molecule has 2 aliphatic rings. The summed E-state index contributed by atoms with van der Waals surface area (Å²) < 4.78 is 5.06. The molecule has 0 saturated carbocycles. The predicted molar refractivity (Wildman–Crippen MR) is 241 cm³/mol. The van der Waals surface area contributed by atoms with E-state index in [0.717, 1.165) is 37.1 Å². The average molecular weight is 747 g/mol. The highest BCUT2D eigenvalue weighted by molar-refractivity contribution is 6.17. The third-order valence-corrected chi connectivity index (χ3v) is 13.3. The number of aromatic nitrogens is 4. The monoisotopic (exact) mass is 746 g/mol. The van der Waals surface area contributed by atoms with E-state index in [2.05, 4.69) is 168 Å². The summed E-state index contributed by atoms with van der Waals surface area (Å²) in [6, 6.07) is 41.4. The van der Waals surface area contributed by atoms with Crippen LogP contribution in [0, 0.1) is 27.7 Å². The van der Waals surface area contributed by atoms with Gasteiger partial charge in [0.05, 0.1) is 45.8 Å². The first-order valence-electron chi connectivity index (χ1n) is 20.6. The minimum atomic E-state index is 0.993. The molecule has 0 saturated heterocycles. The van der Waals surface area contributed by atoms with Crippen molar-refractivity contribution in [3.8, 4) is 44.8 Å². The molecule has 0 amide bonds. The van der Waals surface area contributed by atoms with Crippen LogP contribution >= 0.6 is 0 Å². The van der Waals surface area contributed by atoms with Crippen LogP contribution in [-0.4, -0.2) is 19.1 Å². The molecule has 0 fully saturated rings. The number of rotatable bonds is 4. The zero-order chi connectivity index (χ0) is 38.8. The van der Waals surface area contributed by atoms with Gasteiger partial charge < -0.3 is 9.13 Å². The lowest BCUT2D eigenvalue weighted by Crippen LogP contribution is -2.16. The van der Waals surface area contributed by atoms with E-state index < -0.39 is 0 Å². The van der Waals surface area contributed by atoms with E-state index in [1.807, 2.05) is 12.4 Å². The van der Waals surface area contributed by atoms with Crippen molar-refractivity contribution in [2.45, 2.75) is 53.4 Å². The highest BCUT2D eigenvalue weighted by Gasteiger charge is 2.33. The summed E-state index contributed by atoms with van der Waals surface area (Å²) in [5.41, 5.74) is 26.2. The molecule has 4 heteroatoms. The van der Waals surface area contributed by atoms with Gasteiger partial charge in [-0.05, 0) is 169 Å². The molecule has 278 valence electrons. The molecule has 0 bridgehead atoms. The Balaban J connectivity index is 1.17. The van der Waals surface area contributed by atoms with E-state index in [1.165, 1.54) is 122 Å². The van der Waals surface area contributed by atoms with E-state index in [1.54, 1.807) is 0 Å². The van der Waals surface area contributed by atoms with Crippen molar-refractivity contribution in [2.24, 2.45) is 0 Å². The van der Waals surface area contributed by atoms with E-state index in [-0.39, 0.29) is 0 Å². The molecule has 0 spiro atoms. The van der Waals surface area contributed by atoms with Gasteiger partial charge in [-0.15, -0.1) is 0 Å². The molecule has 0 N–H and O–H groups in total. The summed E-state index contributed by atoms with van der Waals surface area (Å²) in [6.07, 6.45) is 11.9. The van der Waals surface area contributed by atoms with E-state index in [4.69, 9.17) is 0 Å². The van der Waals surface area contributed by atoms with Gasteiger partial charge in [0.15, 0.2) is 0 Å². The van der Waals surface area contributed by atoms with Gasteiger partial charge in [-0.25, -0.2) is 0 Å². The average Bonchev–Trinajstić information content (AvgIpc) is 3.75. The molecule has 6 aromatic carbocycles. The number of hydrogen-bond acceptors (Lipinski definition) is 2. The topological polar surface area (TPSA) is 35.6 Å². The molecular formula is C54H42N4. The smallest absolute Gasteiger partial charge is 0.0674 e. The van der Waals surface area contributed by atoms with Crippen LogP contribution in [0.15, 0.2) is 134 Å². The van der Waals surface area contributed by atoms with E-state index in [0.29, 0.717) is 0 Å². The van der Waals surface area contributed by atoms with Crippen LogP contribution in [0.4, 0.5) is 0 Å². The molecule has 0 radical (unpaired) electrons. The predicted octanol–water partition coefficient (Wildman–Crippen LogP) is 13.1. The fourth-order valence-electron chi connectivity index (χ4n) is 10.4. The quantitative estimate of drug-likeness (QED) is 0.180. The molecular weight excluding hydrogens is 705 g/mol. The van der Waals surface area contributed by atoms with Crippen LogP contribution in [0.3, 0.4) is 0 Å². The maximum Gasteiger partial charge on any atom is 0.0674 e. The normalized spacial score (nSPS) is 13.2. The Morgan fingerprint density at radius 3 is 1.24 bits per heavy atom. The Kier molecular flexibility index (Phi) is 7.11. The lowest BCUT2D eigenvalue weighted by atomic mass is 9.74. The van der Waals surface area contributed by atoms with Crippen molar-refractivity contribution in [1.29, 1.82) is 0 Å². The standard InChI is InChI=1S/C54H42N4/c1-31-5-9-35(10-6-31)37-15-19-47-43(25-37)45-27-39-13-18-42-52-40(14-17-41(51(39)52)53(45)57(47)49-29-55-23-21-33(49)3)28-46-44-26-38(36-11-7-32(2)8-12-36)16-20-48(44)58(54(42)46)50-30-56-24-22-34(50)4/h5-12,15-16,19-30H,13-14,17-18H2,1-4H3. The molecule has 4 aromatic heterocycles. The third-order valence-electron chi connectivity index (χ3n) is 13.3. The summed E-state index contributed by atoms with van der Waals surface area (Å²) >= 11 is 0. The van der Waals surface area contributed by atoms with E-state index >= 15 is 0 Å². The largest absolute Gasteiger partial charge is 0.307 e. The number of benzene rings is 6.